The third-order valence-electron chi connectivity index (χ3n) is 2.62. The largest absolute Gasteiger partial charge is 0.235 e. The van der Waals surface area contributed by atoms with Gasteiger partial charge in [-0.1, -0.05) is 51.8 Å². The highest BCUT2D eigenvalue weighted by Crippen LogP contribution is 2.30. The van der Waals surface area contributed by atoms with Gasteiger partial charge < -0.3 is 0 Å². The van der Waals surface area contributed by atoms with Crippen LogP contribution in [0.3, 0.4) is 0 Å². The fraction of sp³-hybridized carbons (Fsp3) is 0. The average Bonchev–Trinajstić information content (AvgIpc) is 2.31. The quantitative estimate of drug-likeness (QED) is 0.428. The minimum absolute atomic E-state index is 0.561. The molecule has 1 heterocycles. The summed E-state index contributed by atoms with van der Waals surface area (Å²) in [7, 11) is 0. The lowest BCUT2D eigenvalue weighted by molar-refractivity contribution is 1.44. The fourth-order valence-electron chi connectivity index (χ4n) is 1.89. The summed E-state index contributed by atoms with van der Waals surface area (Å²) in [5.74, 6) is 0. The van der Waals surface area contributed by atoms with Crippen molar-refractivity contribution >= 4 is 49.2 Å². The predicted molar refractivity (Wildman–Crippen MR) is 72.0 cm³/mol. The highest BCUT2D eigenvalue weighted by molar-refractivity contribution is 9.10. The van der Waals surface area contributed by atoms with Crippen molar-refractivity contribution in [2.45, 2.75) is 0 Å². The molecule has 0 aliphatic heterocycles. The summed E-state index contributed by atoms with van der Waals surface area (Å²) in [6.07, 6.45) is 0. The van der Waals surface area contributed by atoms with Gasteiger partial charge in [0.15, 0.2) is 0 Å². The molecular weight excluding hydrogens is 286 g/mol. The molecule has 0 saturated heterocycles. The molecule has 0 radical (unpaired) electrons. The maximum atomic E-state index is 6.15. The molecule has 3 heteroatoms. The molecule has 0 spiro atoms. The fourth-order valence-corrected chi connectivity index (χ4v) is 2.50. The molecule has 78 valence electrons. The smallest absolute Gasteiger partial charge is 0.137 e. The van der Waals surface area contributed by atoms with E-state index in [1.54, 1.807) is 0 Å². The van der Waals surface area contributed by atoms with Crippen LogP contribution in [0.15, 0.2) is 46.9 Å². The zero-order valence-corrected chi connectivity index (χ0v) is 10.6. The van der Waals surface area contributed by atoms with Crippen LogP contribution in [0.25, 0.3) is 21.7 Å². The number of benzene rings is 2. The Kier molecular flexibility index (Phi) is 2.34. The van der Waals surface area contributed by atoms with E-state index in [2.05, 4.69) is 33.0 Å². The molecule has 2 aromatic carbocycles. The van der Waals surface area contributed by atoms with E-state index in [0.29, 0.717) is 5.15 Å². The second kappa shape index (κ2) is 3.72. The van der Waals surface area contributed by atoms with Gasteiger partial charge in [-0.25, -0.2) is 4.98 Å². The van der Waals surface area contributed by atoms with Crippen molar-refractivity contribution in [3.63, 3.8) is 0 Å². The van der Waals surface area contributed by atoms with Crippen molar-refractivity contribution in [1.29, 1.82) is 0 Å². The molecule has 0 atom stereocenters. The van der Waals surface area contributed by atoms with Gasteiger partial charge in [-0.05, 0) is 23.6 Å². The average molecular weight is 293 g/mol. The summed E-state index contributed by atoms with van der Waals surface area (Å²) in [6.45, 7) is 0. The van der Waals surface area contributed by atoms with Gasteiger partial charge in [0.2, 0.25) is 0 Å². The highest BCUT2D eigenvalue weighted by atomic mass is 79.9. The topological polar surface area (TPSA) is 12.9 Å². The number of hydrogen-bond acceptors (Lipinski definition) is 1. The van der Waals surface area contributed by atoms with Crippen molar-refractivity contribution in [1.82, 2.24) is 4.98 Å². The first-order valence-corrected chi connectivity index (χ1v) is 6.06. The van der Waals surface area contributed by atoms with Crippen molar-refractivity contribution in [3.8, 4) is 0 Å². The van der Waals surface area contributed by atoms with Gasteiger partial charge >= 0.3 is 0 Å². The lowest BCUT2D eigenvalue weighted by atomic mass is 10.1. The molecule has 3 aromatic rings. The van der Waals surface area contributed by atoms with Crippen molar-refractivity contribution in [2.24, 2.45) is 0 Å². The van der Waals surface area contributed by atoms with Crippen molar-refractivity contribution in [3.05, 3.63) is 52.1 Å². The van der Waals surface area contributed by atoms with Gasteiger partial charge in [0, 0.05) is 15.2 Å². The van der Waals surface area contributed by atoms with E-state index in [4.69, 9.17) is 11.6 Å². The van der Waals surface area contributed by atoms with Crippen molar-refractivity contribution in [2.75, 3.05) is 0 Å². The molecule has 0 saturated carbocycles. The summed E-state index contributed by atoms with van der Waals surface area (Å²) < 4.78 is 1.05. The van der Waals surface area contributed by atoms with Gasteiger partial charge in [-0.3, -0.25) is 0 Å². The Balaban J connectivity index is 2.61. The molecule has 0 aliphatic carbocycles. The molecule has 0 aliphatic rings. The Morgan fingerprint density at radius 3 is 2.50 bits per heavy atom. The third-order valence-corrected chi connectivity index (χ3v) is 3.40. The normalized spacial score (nSPS) is 11.1. The number of hydrogen-bond donors (Lipinski definition) is 0. The SMILES string of the molecule is Clc1nc2ccc(Br)cc2c2ccccc12. The van der Waals surface area contributed by atoms with Crippen LogP contribution in [0.4, 0.5) is 0 Å². The number of nitrogens with zero attached hydrogens (tertiary/aromatic N) is 1. The van der Waals surface area contributed by atoms with Gasteiger partial charge in [-0.2, -0.15) is 0 Å². The van der Waals surface area contributed by atoms with E-state index in [1.165, 1.54) is 0 Å². The lowest BCUT2D eigenvalue weighted by Gasteiger charge is -2.05. The first-order chi connectivity index (χ1) is 7.75. The third kappa shape index (κ3) is 1.49. The molecule has 16 heavy (non-hydrogen) atoms. The van der Waals surface area contributed by atoms with Crippen LogP contribution in [-0.2, 0) is 0 Å². The van der Waals surface area contributed by atoms with Gasteiger partial charge in [0.1, 0.15) is 5.15 Å². The Morgan fingerprint density at radius 1 is 0.938 bits per heavy atom. The minimum Gasteiger partial charge on any atom is -0.235 e. The number of pyridine rings is 1. The van der Waals surface area contributed by atoms with Crippen LogP contribution in [0, 0.1) is 0 Å². The predicted octanol–water partition coefficient (Wildman–Crippen LogP) is 4.80. The van der Waals surface area contributed by atoms with E-state index < -0.39 is 0 Å². The molecule has 0 fully saturated rings. The number of halogens is 2. The molecule has 0 unspecified atom stereocenters. The number of rotatable bonds is 0. The Morgan fingerprint density at radius 2 is 1.69 bits per heavy atom. The van der Waals surface area contributed by atoms with Crippen LogP contribution < -0.4 is 0 Å². The van der Waals surface area contributed by atoms with Gasteiger partial charge in [-0.15, -0.1) is 0 Å². The number of fused-ring (bicyclic) bond motifs is 3. The molecule has 0 amide bonds. The highest BCUT2D eigenvalue weighted by Gasteiger charge is 2.05. The van der Waals surface area contributed by atoms with Crippen LogP contribution >= 0.6 is 27.5 Å². The van der Waals surface area contributed by atoms with Gasteiger partial charge in [0.25, 0.3) is 0 Å². The summed E-state index contributed by atoms with van der Waals surface area (Å²) in [5.41, 5.74) is 0.923. The Hall–Kier alpha value is -1.12. The molecule has 1 aromatic heterocycles. The Bertz CT molecular complexity index is 694. The van der Waals surface area contributed by atoms with Crippen LogP contribution in [0.5, 0.6) is 0 Å². The summed E-state index contributed by atoms with van der Waals surface area (Å²) in [4.78, 5) is 4.39. The second-order valence-electron chi connectivity index (χ2n) is 3.61. The van der Waals surface area contributed by atoms with Crippen LogP contribution in [-0.4, -0.2) is 4.98 Å². The summed E-state index contributed by atoms with van der Waals surface area (Å²) in [6, 6.07) is 14.1. The summed E-state index contributed by atoms with van der Waals surface area (Å²) >= 11 is 9.63. The minimum atomic E-state index is 0.561. The van der Waals surface area contributed by atoms with Gasteiger partial charge in [0.05, 0.1) is 5.52 Å². The second-order valence-corrected chi connectivity index (χ2v) is 4.88. The monoisotopic (exact) mass is 291 g/mol. The molecule has 0 bridgehead atoms. The molecule has 0 N–H and O–H groups in total. The number of aromatic nitrogens is 1. The standard InChI is InChI=1S/C13H7BrClN/c14-8-5-6-12-11(7-8)9-3-1-2-4-10(9)13(15)16-12/h1-7H. The van der Waals surface area contributed by atoms with E-state index in [9.17, 15) is 0 Å². The van der Waals surface area contributed by atoms with E-state index >= 15 is 0 Å². The first kappa shape index (κ1) is 10.1. The van der Waals surface area contributed by atoms with Crippen LogP contribution in [0.1, 0.15) is 0 Å². The molecule has 3 rings (SSSR count). The summed E-state index contributed by atoms with van der Waals surface area (Å²) in [5, 5.41) is 3.81. The zero-order chi connectivity index (χ0) is 11.1. The zero-order valence-electron chi connectivity index (χ0n) is 8.24. The van der Waals surface area contributed by atoms with E-state index in [0.717, 1.165) is 26.1 Å². The maximum absolute atomic E-state index is 6.15. The van der Waals surface area contributed by atoms with E-state index in [-0.39, 0.29) is 0 Å². The van der Waals surface area contributed by atoms with E-state index in [1.807, 2.05) is 30.3 Å². The maximum Gasteiger partial charge on any atom is 0.137 e. The Labute approximate surface area is 106 Å². The van der Waals surface area contributed by atoms with Crippen LogP contribution in [0.2, 0.25) is 5.15 Å². The molecular formula is C13H7BrClN. The first-order valence-electron chi connectivity index (χ1n) is 4.89. The lowest BCUT2D eigenvalue weighted by Crippen LogP contribution is -1.84. The molecule has 1 nitrogen and oxygen atoms in total. The van der Waals surface area contributed by atoms with Crippen molar-refractivity contribution < 1.29 is 0 Å².